The summed E-state index contributed by atoms with van der Waals surface area (Å²) in [7, 11) is -1.34. The molecule has 1 saturated carbocycles. The first kappa shape index (κ1) is 17.4. The van der Waals surface area contributed by atoms with E-state index in [0.29, 0.717) is 5.92 Å². The highest BCUT2D eigenvalue weighted by Crippen LogP contribution is 2.37. The molecule has 0 unspecified atom stereocenters. The van der Waals surface area contributed by atoms with Crippen molar-refractivity contribution in [3.8, 4) is 11.3 Å². The van der Waals surface area contributed by atoms with Crippen molar-refractivity contribution in [2.75, 3.05) is 0 Å². The third-order valence-corrected chi connectivity index (χ3v) is 7.33. The summed E-state index contributed by atoms with van der Waals surface area (Å²) in [6.45, 7) is 11.6. The molecule has 24 heavy (non-hydrogen) atoms. The molecule has 1 aliphatic carbocycles. The minimum absolute atomic E-state index is 0.693. The first-order valence-electron chi connectivity index (χ1n) is 9.44. The maximum atomic E-state index is 5.01. The molecule has 0 bridgehead atoms. The SMILES string of the molecule is Cc1cc(C)cc(-c2ncc([Si](C)(C)C)cc2C2CCCCC2)c1. The van der Waals surface area contributed by atoms with Gasteiger partial charge in [0.05, 0.1) is 13.8 Å². The first-order chi connectivity index (χ1) is 11.3. The van der Waals surface area contributed by atoms with E-state index in [9.17, 15) is 0 Å². The Morgan fingerprint density at radius 2 is 1.50 bits per heavy atom. The van der Waals surface area contributed by atoms with Gasteiger partial charge in [-0.15, -0.1) is 0 Å². The Morgan fingerprint density at radius 1 is 0.875 bits per heavy atom. The number of hydrogen-bond acceptors (Lipinski definition) is 1. The van der Waals surface area contributed by atoms with E-state index in [1.807, 2.05) is 0 Å². The molecule has 0 saturated heterocycles. The molecule has 0 aliphatic heterocycles. The molecule has 1 aliphatic rings. The molecular weight excluding hydrogens is 306 g/mol. The van der Waals surface area contributed by atoms with Gasteiger partial charge in [-0.3, -0.25) is 4.98 Å². The molecular formula is C22H31NSi. The molecule has 0 radical (unpaired) electrons. The number of rotatable bonds is 3. The van der Waals surface area contributed by atoms with E-state index in [4.69, 9.17) is 4.98 Å². The topological polar surface area (TPSA) is 12.9 Å². The minimum Gasteiger partial charge on any atom is -0.256 e. The van der Waals surface area contributed by atoms with Crippen LogP contribution in [0.3, 0.4) is 0 Å². The van der Waals surface area contributed by atoms with Crippen LogP contribution in [-0.4, -0.2) is 13.1 Å². The summed E-state index contributed by atoms with van der Waals surface area (Å²) < 4.78 is 0. The van der Waals surface area contributed by atoms with E-state index in [1.54, 1.807) is 0 Å². The largest absolute Gasteiger partial charge is 0.256 e. The van der Waals surface area contributed by atoms with Crippen LogP contribution >= 0.6 is 0 Å². The highest BCUT2D eigenvalue weighted by molar-refractivity contribution is 6.88. The fraction of sp³-hybridized carbons (Fsp3) is 0.500. The van der Waals surface area contributed by atoms with Gasteiger partial charge in [-0.05, 0) is 55.5 Å². The molecule has 2 aromatic rings. The van der Waals surface area contributed by atoms with Crippen LogP contribution in [0.15, 0.2) is 30.5 Å². The second kappa shape index (κ2) is 6.83. The lowest BCUT2D eigenvalue weighted by atomic mass is 9.82. The van der Waals surface area contributed by atoms with Crippen LogP contribution in [0, 0.1) is 13.8 Å². The minimum atomic E-state index is -1.34. The Hall–Kier alpha value is -1.41. The van der Waals surface area contributed by atoms with Gasteiger partial charge in [0.2, 0.25) is 0 Å². The van der Waals surface area contributed by atoms with Crippen molar-refractivity contribution in [2.45, 2.75) is 71.5 Å². The molecule has 2 heteroatoms. The Labute approximate surface area is 148 Å². The maximum Gasteiger partial charge on any atom is 0.0796 e. The quantitative estimate of drug-likeness (QED) is 0.630. The van der Waals surface area contributed by atoms with Crippen molar-refractivity contribution >= 4 is 13.3 Å². The van der Waals surface area contributed by atoms with Crippen molar-refractivity contribution in [1.29, 1.82) is 0 Å². The summed E-state index contributed by atoms with van der Waals surface area (Å²) in [6, 6.07) is 9.37. The van der Waals surface area contributed by atoms with Crippen LogP contribution in [-0.2, 0) is 0 Å². The van der Waals surface area contributed by atoms with Crippen molar-refractivity contribution in [3.63, 3.8) is 0 Å². The van der Waals surface area contributed by atoms with Crippen LogP contribution in [0.25, 0.3) is 11.3 Å². The molecule has 3 rings (SSSR count). The van der Waals surface area contributed by atoms with Gasteiger partial charge in [-0.25, -0.2) is 0 Å². The van der Waals surface area contributed by atoms with Crippen molar-refractivity contribution < 1.29 is 0 Å². The van der Waals surface area contributed by atoms with Crippen LogP contribution in [0.2, 0.25) is 19.6 Å². The van der Waals surface area contributed by atoms with E-state index >= 15 is 0 Å². The molecule has 0 spiro atoms. The first-order valence-corrected chi connectivity index (χ1v) is 12.9. The van der Waals surface area contributed by atoms with Gasteiger partial charge in [0.1, 0.15) is 0 Å². The number of aromatic nitrogens is 1. The lowest BCUT2D eigenvalue weighted by Crippen LogP contribution is -2.38. The van der Waals surface area contributed by atoms with Crippen LogP contribution in [0.1, 0.15) is 54.7 Å². The van der Waals surface area contributed by atoms with Gasteiger partial charge in [0, 0.05) is 11.8 Å². The fourth-order valence-corrected chi connectivity index (χ4v) is 5.01. The maximum absolute atomic E-state index is 5.01. The number of hydrogen-bond donors (Lipinski definition) is 0. The van der Waals surface area contributed by atoms with Crippen LogP contribution < -0.4 is 5.19 Å². The zero-order chi connectivity index (χ0) is 17.3. The smallest absolute Gasteiger partial charge is 0.0796 e. The lowest BCUT2D eigenvalue weighted by molar-refractivity contribution is 0.444. The van der Waals surface area contributed by atoms with Gasteiger partial charge in [-0.2, -0.15) is 0 Å². The van der Waals surface area contributed by atoms with E-state index in [-0.39, 0.29) is 0 Å². The molecule has 1 aromatic carbocycles. The Bertz CT molecular complexity index is 701. The van der Waals surface area contributed by atoms with Gasteiger partial charge < -0.3 is 0 Å². The van der Waals surface area contributed by atoms with Crippen LogP contribution in [0.4, 0.5) is 0 Å². The molecule has 128 valence electrons. The Morgan fingerprint density at radius 3 is 2.08 bits per heavy atom. The average molecular weight is 338 g/mol. The molecule has 0 amide bonds. The summed E-state index contributed by atoms with van der Waals surface area (Å²) in [4.78, 5) is 5.01. The van der Waals surface area contributed by atoms with Crippen LogP contribution in [0.5, 0.6) is 0 Å². The number of aryl methyl sites for hydroxylation is 2. The normalized spacial score (nSPS) is 16.4. The molecule has 1 fully saturated rings. The second-order valence-electron chi connectivity index (χ2n) is 8.62. The zero-order valence-electron chi connectivity index (χ0n) is 15.9. The summed E-state index contributed by atoms with van der Waals surface area (Å²) in [5.74, 6) is 0.693. The average Bonchev–Trinajstić information content (AvgIpc) is 2.53. The molecule has 1 nitrogen and oxygen atoms in total. The van der Waals surface area contributed by atoms with E-state index in [2.05, 4.69) is 64.0 Å². The van der Waals surface area contributed by atoms with Gasteiger partial charge in [0.15, 0.2) is 0 Å². The predicted octanol–water partition coefficient (Wildman–Crippen LogP) is 5.96. The summed E-state index contributed by atoms with van der Waals surface area (Å²) >= 11 is 0. The number of pyridine rings is 1. The van der Waals surface area contributed by atoms with E-state index < -0.39 is 8.07 Å². The molecule has 0 atom stereocenters. The number of benzene rings is 1. The monoisotopic (exact) mass is 337 g/mol. The predicted molar refractivity (Wildman–Crippen MR) is 108 cm³/mol. The third-order valence-electron chi connectivity index (χ3n) is 5.32. The van der Waals surface area contributed by atoms with Crippen molar-refractivity contribution in [3.05, 3.63) is 47.2 Å². The Kier molecular flexibility index (Phi) is 4.96. The fourth-order valence-electron chi connectivity index (χ4n) is 3.97. The van der Waals surface area contributed by atoms with Gasteiger partial charge in [-0.1, -0.05) is 62.2 Å². The van der Waals surface area contributed by atoms with Gasteiger partial charge >= 0.3 is 0 Å². The summed E-state index contributed by atoms with van der Waals surface area (Å²) in [5.41, 5.74) is 6.71. The van der Waals surface area contributed by atoms with Crippen molar-refractivity contribution in [2.24, 2.45) is 0 Å². The van der Waals surface area contributed by atoms with E-state index in [0.717, 1.165) is 0 Å². The Balaban J connectivity index is 2.13. The number of nitrogens with zero attached hydrogens (tertiary/aromatic N) is 1. The highest BCUT2D eigenvalue weighted by atomic mass is 28.3. The summed E-state index contributed by atoms with van der Waals surface area (Å²) in [6.07, 6.45) is 8.95. The second-order valence-corrected chi connectivity index (χ2v) is 13.7. The molecule has 0 N–H and O–H groups in total. The summed E-state index contributed by atoms with van der Waals surface area (Å²) in [5, 5.41) is 1.50. The highest BCUT2D eigenvalue weighted by Gasteiger charge is 2.24. The standard InChI is InChI=1S/C22H31NSi/c1-16-11-17(2)13-19(12-16)22-21(18-9-7-6-8-10-18)14-20(15-23-22)24(3,4)5/h11-15,18H,6-10H2,1-5H3. The van der Waals surface area contributed by atoms with Crippen molar-refractivity contribution in [1.82, 2.24) is 4.98 Å². The third kappa shape index (κ3) is 3.80. The lowest BCUT2D eigenvalue weighted by Gasteiger charge is -2.26. The molecule has 1 heterocycles. The van der Waals surface area contributed by atoms with E-state index in [1.165, 1.54) is 65.2 Å². The van der Waals surface area contributed by atoms with Gasteiger partial charge in [0.25, 0.3) is 0 Å². The molecule has 1 aromatic heterocycles. The zero-order valence-corrected chi connectivity index (χ0v) is 16.9.